The average molecular weight is 344 g/mol. The quantitative estimate of drug-likeness (QED) is 0.499. The van der Waals surface area contributed by atoms with Crippen LogP contribution < -0.4 is 0 Å². The fraction of sp³-hybridized carbons (Fsp3) is 0.280. The highest BCUT2D eigenvalue weighted by Crippen LogP contribution is 2.44. The van der Waals surface area contributed by atoms with Gasteiger partial charge in [-0.2, -0.15) is 0 Å². The highest BCUT2D eigenvalue weighted by molar-refractivity contribution is 5.51. The molecule has 26 heavy (non-hydrogen) atoms. The first kappa shape index (κ1) is 18.4. The first-order chi connectivity index (χ1) is 12.4. The van der Waals surface area contributed by atoms with Gasteiger partial charge in [-0.15, -0.1) is 0 Å². The van der Waals surface area contributed by atoms with Gasteiger partial charge in [0.1, 0.15) is 0 Å². The third-order valence-corrected chi connectivity index (χ3v) is 4.83. The van der Waals surface area contributed by atoms with Gasteiger partial charge >= 0.3 is 0 Å². The van der Waals surface area contributed by atoms with Crippen LogP contribution in [0.5, 0.6) is 0 Å². The van der Waals surface area contributed by atoms with Gasteiger partial charge in [-0.05, 0) is 44.4 Å². The van der Waals surface area contributed by atoms with Crippen molar-refractivity contribution in [2.45, 2.75) is 44.8 Å². The van der Waals surface area contributed by atoms with Crippen LogP contribution in [0.4, 0.5) is 0 Å². The van der Waals surface area contributed by atoms with Crippen LogP contribution in [0.2, 0.25) is 0 Å². The molecule has 0 amide bonds. The second-order valence-electron chi connectivity index (χ2n) is 7.78. The number of benzene rings is 3. The lowest BCUT2D eigenvalue weighted by Crippen LogP contribution is -2.45. The largest absolute Gasteiger partial charge is 0.371 e. The molecule has 1 atom stereocenters. The molecular formula is C25H28O. The van der Waals surface area contributed by atoms with Gasteiger partial charge in [0.2, 0.25) is 0 Å². The minimum absolute atomic E-state index is 0.0466. The van der Waals surface area contributed by atoms with E-state index >= 15 is 0 Å². The molecule has 0 N–H and O–H groups in total. The molecule has 3 aromatic rings. The molecule has 0 fully saturated rings. The van der Waals surface area contributed by atoms with E-state index in [0.29, 0.717) is 0 Å². The zero-order valence-corrected chi connectivity index (χ0v) is 16.1. The van der Waals surface area contributed by atoms with Crippen molar-refractivity contribution in [3.05, 3.63) is 108 Å². The highest BCUT2D eigenvalue weighted by Gasteiger charge is 2.43. The van der Waals surface area contributed by atoms with Gasteiger partial charge in [0, 0.05) is 0 Å². The van der Waals surface area contributed by atoms with Gasteiger partial charge in [-0.25, -0.2) is 0 Å². The first-order valence-corrected chi connectivity index (χ1v) is 9.29. The Morgan fingerprint density at radius 3 is 1.15 bits per heavy atom. The van der Waals surface area contributed by atoms with E-state index in [1.54, 1.807) is 0 Å². The summed E-state index contributed by atoms with van der Waals surface area (Å²) in [6.07, 6.45) is -0.0466. The van der Waals surface area contributed by atoms with E-state index in [9.17, 15) is 0 Å². The summed E-state index contributed by atoms with van der Waals surface area (Å²) < 4.78 is 6.57. The topological polar surface area (TPSA) is 9.23 Å². The molecule has 0 radical (unpaired) electrons. The number of hydrogen-bond acceptors (Lipinski definition) is 1. The smallest absolute Gasteiger partial charge is 0.0732 e. The van der Waals surface area contributed by atoms with Gasteiger partial charge in [0.05, 0.1) is 17.1 Å². The van der Waals surface area contributed by atoms with Gasteiger partial charge in [0.25, 0.3) is 0 Å². The van der Waals surface area contributed by atoms with Gasteiger partial charge in [-0.3, -0.25) is 0 Å². The van der Waals surface area contributed by atoms with E-state index in [-0.39, 0.29) is 17.1 Å². The molecule has 0 aromatic heterocycles. The molecule has 0 spiro atoms. The normalized spacial score (nSPS) is 13.4. The predicted octanol–water partition coefficient (Wildman–Crippen LogP) is 6.22. The van der Waals surface area contributed by atoms with Crippen LogP contribution in [0.3, 0.4) is 0 Å². The molecule has 0 aliphatic carbocycles. The van der Waals surface area contributed by atoms with E-state index in [1.165, 1.54) is 16.7 Å². The van der Waals surface area contributed by atoms with Crippen molar-refractivity contribution in [2.75, 3.05) is 0 Å². The molecule has 0 aliphatic rings. The van der Waals surface area contributed by atoms with E-state index in [4.69, 9.17) is 4.74 Å². The Kier molecular flexibility index (Phi) is 5.29. The molecule has 0 bridgehead atoms. The summed E-state index contributed by atoms with van der Waals surface area (Å²) in [7, 11) is 0. The van der Waals surface area contributed by atoms with E-state index < -0.39 is 0 Å². The minimum atomic E-state index is -0.378. The van der Waals surface area contributed by atoms with Crippen LogP contribution in [0.15, 0.2) is 91.0 Å². The molecule has 0 saturated heterocycles. The van der Waals surface area contributed by atoms with Crippen LogP contribution in [0, 0.1) is 0 Å². The van der Waals surface area contributed by atoms with Crippen LogP contribution in [-0.4, -0.2) is 11.7 Å². The summed E-state index contributed by atoms with van der Waals surface area (Å²) in [4.78, 5) is 0. The van der Waals surface area contributed by atoms with Crippen LogP contribution in [0.25, 0.3) is 0 Å². The summed E-state index contributed by atoms with van der Waals surface area (Å²) in [5, 5.41) is 0. The lowest BCUT2D eigenvalue weighted by Gasteiger charge is -2.43. The molecular weight excluding hydrogens is 316 g/mol. The van der Waals surface area contributed by atoms with Crippen molar-refractivity contribution in [3.63, 3.8) is 0 Å². The van der Waals surface area contributed by atoms with Crippen LogP contribution in [0.1, 0.15) is 44.4 Å². The Labute approximate surface area is 157 Å². The zero-order chi connectivity index (χ0) is 18.6. The molecule has 3 aromatic carbocycles. The Hall–Kier alpha value is -2.38. The lowest BCUT2D eigenvalue weighted by atomic mass is 9.66. The maximum atomic E-state index is 6.57. The first-order valence-electron chi connectivity index (χ1n) is 9.29. The molecule has 0 heterocycles. The van der Waals surface area contributed by atoms with Gasteiger partial charge in [-0.1, -0.05) is 91.0 Å². The Morgan fingerprint density at radius 2 is 0.885 bits per heavy atom. The standard InChI is InChI=1S/C25H28O/c1-20(26-24(2,3)4)25(21-14-8-5-9-15-21,22-16-10-6-11-17-22)23-18-12-7-13-19-23/h5-20H,1-4H3. The van der Waals surface area contributed by atoms with Crippen molar-refractivity contribution < 1.29 is 4.74 Å². The second-order valence-corrected chi connectivity index (χ2v) is 7.78. The Morgan fingerprint density at radius 1 is 0.577 bits per heavy atom. The summed E-state index contributed by atoms with van der Waals surface area (Å²) in [5.74, 6) is 0. The molecule has 1 heteroatoms. The zero-order valence-electron chi connectivity index (χ0n) is 16.1. The third kappa shape index (κ3) is 3.59. The summed E-state index contributed by atoms with van der Waals surface area (Å²) in [6, 6.07) is 32.1. The Balaban J connectivity index is 2.32. The molecule has 1 nitrogen and oxygen atoms in total. The number of rotatable bonds is 5. The van der Waals surface area contributed by atoms with Gasteiger partial charge in [0.15, 0.2) is 0 Å². The van der Waals surface area contributed by atoms with E-state index in [2.05, 4.69) is 119 Å². The molecule has 1 unspecified atom stereocenters. The molecule has 134 valence electrons. The predicted molar refractivity (Wildman–Crippen MR) is 110 cm³/mol. The maximum Gasteiger partial charge on any atom is 0.0732 e. The molecule has 0 aliphatic heterocycles. The monoisotopic (exact) mass is 344 g/mol. The number of ether oxygens (including phenoxy) is 1. The molecule has 3 rings (SSSR count). The van der Waals surface area contributed by atoms with Crippen molar-refractivity contribution in [2.24, 2.45) is 0 Å². The average Bonchev–Trinajstić information content (AvgIpc) is 2.64. The fourth-order valence-corrected chi connectivity index (χ4v) is 3.93. The van der Waals surface area contributed by atoms with Crippen molar-refractivity contribution in [1.29, 1.82) is 0 Å². The summed E-state index contributed by atoms with van der Waals surface area (Å²) in [5.41, 5.74) is 3.12. The lowest BCUT2D eigenvalue weighted by molar-refractivity contribution is -0.0711. The minimum Gasteiger partial charge on any atom is -0.371 e. The molecule has 0 saturated carbocycles. The van der Waals surface area contributed by atoms with E-state index in [0.717, 1.165) is 0 Å². The highest BCUT2D eigenvalue weighted by atomic mass is 16.5. The van der Waals surface area contributed by atoms with Crippen LogP contribution >= 0.6 is 0 Å². The second kappa shape index (κ2) is 7.47. The van der Waals surface area contributed by atoms with Crippen LogP contribution in [-0.2, 0) is 10.2 Å². The SMILES string of the molecule is CC(OC(C)(C)C)C(c1ccccc1)(c1ccccc1)c1ccccc1. The van der Waals surface area contributed by atoms with Crippen molar-refractivity contribution in [1.82, 2.24) is 0 Å². The Bertz CT molecular complexity index is 704. The van der Waals surface area contributed by atoms with Gasteiger partial charge < -0.3 is 4.74 Å². The number of hydrogen-bond donors (Lipinski definition) is 0. The van der Waals surface area contributed by atoms with Crippen molar-refractivity contribution >= 4 is 0 Å². The van der Waals surface area contributed by atoms with Crippen molar-refractivity contribution in [3.8, 4) is 0 Å². The maximum absolute atomic E-state index is 6.57. The summed E-state index contributed by atoms with van der Waals surface area (Å²) >= 11 is 0. The fourth-order valence-electron chi connectivity index (χ4n) is 3.93. The van der Waals surface area contributed by atoms with E-state index in [1.807, 2.05) is 0 Å². The summed E-state index contributed by atoms with van der Waals surface area (Å²) in [6.45, 7) is 8.55. The third-order valence-electron chi connectivity index (χ3n) is 4.83.